The van der Waals surface area contributed by atoms with Gasteiger partial charge in [-0.1, -0.05) is 83.3 Å². The number of ether oxygens (including phenoxy) is 2. The molecule has 4 atom stereocenters. The second-order valence-corrected chi connectivity index (χ2v) is 15.6. The van der Waals surface area contributed by atoms with Gasteiger partial charge in [-0.05, 0) is 48.7 Å². The van der Waals surface area contributed by atoms with Crippen LogP contribution in [0.15, 0.2) is 73.1 Å². The van der Waals surface area contributed by atoms with E-state index in [0.717, 1.165) is 22.5 Å². The molecule has 0 aliphatic carbocycles. The first-order valence-corrected chi connectivity index (χ1v) is 20.2. The van der Waals surface area contributed by atoms with Crippen LogP contribution in [-0.2, 0) is 19.1 Å². The molecule has 2 aliphatic heterocycles. The van der Waals surface area contributed by atoms with Crippen molar-refractivity contribution in [1.82, 2.24) is 50.3 Å². The highest BCUT2D eigenvalue weighted by Gasteiger charge is 2.38. The van der Waals surface area contributed by atoms with Crippen molar-refractivity contribution < 1.29 is 28.7 Å². The van der Waals surface area contributed by atoms with Gasteiger partial charge in [0.15, 0.2) is 14.7 Å². The van der Waals surface area contributed by atoms with Crippen LogP contribution in [-0.4, -0.2) is 91.0 Å². The third kappa shape index (κ3) is 7.99. The Morgan fingerprint density at radius 3 is 1.81 bits per heavy atom. The zero-order valence-corrected chi connectivity index (χ0v) is 33.1. The molecule has 2 aliphatic rings. The van der Waals surface area contributed by atoms with E-state index in [1.807, 2.05) is 36.4 Å². The average Bonchev–Trinajstić information content (AvgIpc) is 4.11. The molecule has 296 valence electrons. The van der Waals surface area contributed by atoms with Crippen molar-refractivity contribution in [3.8, 4) is 22.5 Å². The topological polar surface area (TPSA) is 200 Å². The number of aromatic amines is 2. The standard InChI is InChI=1S/C40H38N10O6S2/c1-55-39(53)46-30(23-11-5-3-6-12-23)37(51)49-19-9-15-27(49)32-41-21-25(43-32)17-18-29-45-35-36(57-29)48-34(58-35)26-22-42-33(44-26)28-16-10-20-50(28)38(52)31(47-40(54)56-2)24-13-7-4-8-14-24/h3-8,11-14,21-22,27-28,30-31H,9-10,15-16,19-20H2,1-2H3,(H,41,43)(H,42,44)(H,46,53)(H,47,54)/t27-,28?,30+,31+/m0/s1. The number of methoxy groups -OCH3 is 2. The SMILES string of the molecule is COC(=O)N[C@@H](C(=O)N1CCCC1c1ncc(-c2nc3sc(C#Cc4cnc([C@@H]5CCCN5C(=O)[C@H](NC(=O)OC)c5ccccc5)[nH]4)nc3s2)[nH]1)c1ccccc1. The van der Waals surface area contributed by atoms with Crippen molar-refractivity contribution in [2.75, 3.05) is 27.3 Å². The maximum Gasteiger partial charge on any atom is 0.407 e. The molecule has 2 saturated heterocycles. The molecular formula is C40H38N10O6S2. The monoisotopic (exact) mass is 818 g/mol. The molecular weight excluding hydrogens is 781 g/mol. The number of imidazole rings is 2. The summed E-state index contributed by atoms with van der Waals surface area (Å²) in [6.45, 7) is 1.04. The minimum atomic E-state index is -0.906. The van der Waals surface area contributed by atoms with Crippen molar-refractivity contribution >= 4 is 56.3 Å². The number of H-pyrrole nitrogens is 2. The first-order valence-electron chi connectivity index (χ1n) is 18.6. The lowest BCUT2D eigenvalue weighted by Crippen LogP contribution is -2.42. The third-order valence-corrected chi connectivity index (χ3v) is 12.0. The van der Waals surface area contributed by atoms with Gasteiger partial charge in [-0.2, -0.15) is 0 Å². The molecule has 2 fully saturated rings. The van der Waals surface area contributed by atoms with Crippen LogP contribution in [0.4, 0.5) is 9.59 Å². The largest absolute Gasteiger partial charge is 0.453 e. The summed E-state index contributed by atoms with van der Waals surface area (Å²) in [6.07, 6.45) is 4.98. The number of rotatable bonds is 9. The van der Waals surface area contributed by atoms with Gasteiger partial charge >= 0.3 is 12.2 Å². The molecule has 2 aromatic carbocycles. The van der Waals surface area contributed by atoms with E-state index < -0.39 is 24.3 Å². The van der Waals surface area contributed by atoms with Crippen molar-refractivity contribution in [2.24, 2.45) is 0 Å². The summed E-state index contributed by atoms with van der Waals surface area (Å²) in [5.74, 6) is 6.99. The Kier molecular flexibility index (Phi) is 11.1. The molecule has 6 aromatic rings. The molecule has 6 heterocycles. The average molecular weight is 819 g/mol. The number of hydrogen-bond acceptors (Lipinski definition) is 12. The molecule has 4 aromatic heterocycles. The van der Waals surface area contributed by atoms with Gasteiger partial charge in [0.1, 0.15) is 34.4 Å². The molecule has 4 N–H and O–H groups in total. The van der Waals surface area contributed by atoms with Gasteiger partial charge < -0.3 is 39.9 Å². The minimum absolute atomic E-state index is 0.242. The van der Waals surface area contributed by atoms with Crippen LogP contribution >= 0.6 is 22.7 Å². The molecule has 0 spiro atoms. The molecule has 0 saturated carbocycles. The number of benzene rings is 2. The molecule has 16 nitrogen and oxygen atoms in total. The lowest BCUT2D eigenvalue weighted by atomic mass is 10.1. The Balaban J connectivity index is 0.939. The van der Waals surface area contributed by atoms with Gasteiger partial charge in [0, 0.05) is 13.1 Å². The Morgan fingerprint density at radius 2 is 1.26 bits per heavy atom. The van der Waals surface area contributed by atoms with Crippen molar-refractivity contribution in [3.63, 3.8) is 0 Å². The molecule has 18 heteroatoms. The quantitative estimate of drug-likeness (QED) is 0.130. The smallest absolute Gasteiger partial charge is 0.407 e. The fourth-order valence-corrected chi connectivity index (χ4v) is 9.16. The Labute approximate surface area is 340 Å². The van der Waals surface area contributed by atoms with E-state index in [1.54, 1.807) is 46.5 Å². The predicted molar refractivity (Wildman–Crippen MR) is 214 cm³/mol. The number of alkyl carbamates (subject to hydrolysis) is 2. The summed E-state index contributed by atoms with van der Waals surface area (Å²) in [4.78, 5) is 82.4. The van der Waals surface area contributed by atoms with Crippen LogP contribution in [0.5, 0.6) is 0 Å². The predicted octanol–water partition coefficient (Wildman–Crippen LogP) is 5.79. The number of thiazole rings is 2. The van der Waals surface area contributed by atoms with E-state index in [1.165, 1.54) is 36.9 Å². The third-order valence-electron chi connectivity index (χ3n) is 10.1. The van der Waals surface area contributed by atoms with Crippen LogP contribution < -0.4 is 10.6 Å². The van der Waals surface area contributed by atoms with Crippen LogP contribution in [0.2, 0.25) is 0 Å². The van der Waals surface area contributed by atoms with Crippen molar-refractivity contribution in [2.45, 2.75) is 49.9 Å². The van der Waals surface area contributed by atoms with E-state index in [2.05, 4.69) is 42.4 Å². The number of carbonyl (C=O) groups excluding carboxylic acids is 4. The minimum Gasteiger partial charge on any atom is -0.453 e. The van der Waals surface area contributed by atoms with Crippen LogP contribution in [0, 0.1) is 11.8 Å². The van der Waals surface area contributed by atoms with Gasteiger partial charge in [0.2, 0.25) is 0 Å². The molecule has 8 rings (SSSR count). The van der Waals surface area contributed by atoms with E-state index in [-0.39, 0.29) is 23.9 Å². The second-order valence-electron chi connectivity index (χ2n) is 13.6. The van der Waals surface area contributed by atoms with Crippen LogP contribution in [0.25, 0.3) is 20.4 Å². The van der Waals surface area contributed by atoms with Gasteiger partial charge in [-0.15, -0.1) is 0 Å². The van der Waals surface area contributed by atoms with E-state index >= 15 is 0 Å². The summed E-state index contributed by atoms with van der Waals surface area (Å²) < 4.78 is 9.61. The summed E-state index contributed by atoms with van der Waals surface area (Å²) in [5, 5.41) is 6.67. The zero-order chi connectivity index (χ0) is 40.2. The maximum absolute atomic E-state index is 13.9. The summed E-state index contributed by atoms with van der Waals surface area (Å²) >= 11 is 2.78. The number of aromatic nitrogens is 6. The number of amides is 4. The lowest BCUT2D eigenvalue weighted by Gasteiger charge is -2.28. The van der Waals surface area contributed by atoms with Crippen LogP contribution in [0.3, 0.4) is 0 Å². The first kappa shape index (κ1) is 38.3. The van der Waals surface area contributed by atoms with Gasteiger partial charge in [0.25, 0.3) is 11.8 Å². The Hall–Kier alpha value is -6.58. The normalized spacial score (nSPS) is 17.3. The van der Waals surface area contributed by atoms with Gasteiger partial charge in [-0.3, -0.25) is 9.59 Å². The van der Waals surface area contributed by atoms with E-state index in [0.29, 0.717) is 70.1 Å². The first-order chi connectivity index (χ1) is 28.3. The summed E-state index contributed by atoms with van der Waals surface area (Å²) in [7, 11) is 2.53. The number of carbonyl (C=O) groups is 4. The van der Waals surface area contributed by atoms with Crippen molar-refractivity contribution in [1.29, 1.82) is 0 Å². The summed E-state index contributed by atoms with van der Waals surface area (Å²) in [5.41, 5.74) is 2.61. The maximum atomic E-state index is 13.9. The van der Waals surface area contributed by atoms with Crippen molar-refractivity contribution in [3.05, 3.63) is 107 Å². The number of likely N-dealkylation sites (tertiary alicyclic amines) is 2. The Morgan fingerprint density at radius 1 is 0.724 bits per heavy atom. The fraction of sp³-hybridized carbons (Fsp3) is 0.300. The lowest BCUT2D eigenvalue weighted by molar-refractivity contribution is -0.135. The fourth-order valence-electron chi connectivity index (χ4n) is 7.30. The second kappa shape index (κ2) is 16.9. The number of hydrogen-bond donors (Lipinski definition) is 4. The van der Waals surface area contributed by atoms with E-state index in [9.17, 15) is 19.2 Å². The highest BCUT2D eigenvalue weighted by Crippen LogP contribution is 2.37. The molecule has 1 unspecified atom stereocenters. The number of nitrogens with one attached hydrogen (secondary N) is 4. The molecule has 58 heavy (non-hydrogen) atoms. The number of nitrogens with zero attached hydrogens (tertiary/aromatic N) is 6. The van der Waals surface area contributed by atoms with Gasteiger partial charge in [0.05, 0.1) is 44.4 Å². The number of fused-ring (bicyclic) bond motifs is 1. The summed E-state index contributed by atoms with van der Waals surface area (Å²) in [6, 6.07) is 15.7. The highest BCUT2D eigenvalue weighted by atomic mass is 32.1. The Bertz CT molecular complexity index is 2470. The highest BCUT2D eigenvalue weighted by molar-refractivity contribution is 7.28. The van der Waals surface area contributed by atoms with Gasteiger partial charge in [-0.25, -0.2) is 29.5 Å². The molecule has 0 bridgehead atoms. The molecule has 4 amide bonds. The zero-order valence-electron chi connectivity index (χ0n) is 31.4. The van der Waals surface area contributed by atoms with E-state index in [4.69, 9.17) is 19.4 Å². The molecule has 0 radical (unpaired) electrons. The van der Waals surface area contributed by atoms with Crippen LogP contribution in [0.1, 0.15) is 83.3 Å².